The van der Waals surface area contributed by atoms with E-state index in [2.05, 4.69) is 5.32 Å². The van der Waals surface area contributed by atoms with E-state index >= 15 is 0 Å². The molecule has 6 heteroatoms. The van der Waals surface area contributed by atoms with Gasteiger partial charge in [0, 0.05) is 19.5 Å². The molecule has 1 saturated carbocycles. The molecule has 0 aromatic rings. The summed E-state index contributed by atoms with van der Waals surface area (Å²) in [6, 6.07) is 0. The summed E-state index contributed by atoms with van der Waals surface area (Å²) in [6.45, 7) is 3.16. The molecule has 1 atom stereocenters. The maximum Gasteiger partial charge on any atom is 0.305 e. The fourth-order valence-corrected chi connectivity index (χ4v) is 3.39. The highest BCUT2D eigenvalue weighted by Gasteiger charge is 2.42. The second-order valence-corrected chi connectivity index (χ2v) is 6.62. The van der Waals surface area contributed by atoms with E-state index in [-0.39, 0.29) is 24.2 Å². The quantitative estimate of drug-likeness (QED) is 0.779. The fourth-order valence-electron chi connectivity index (χ4n) is 3.39. The van der Waals surface area contributed by atoms with Crippen LogP contribution in [0.5, 0.6) is 0 Å². The highest BCUT2D eigenvalue weighted by atomic mass is 16.4. The van der Waals surface area contributed by atoms with Crippen LogP contribution in [0.4, 0.5) is 0 Å². The van der Waals surface area contributed by atoms with Crippen molar-refractivity contribution in [1.29, 1.82) is 0 Å². The lowest BCUT2D eigenvalue weighted by molar-refractivity contribution is -0.141. The van der Waals surface area contributed by atoms with Gasteiger partial charge in [-0.1, -0.05) is 6.92 Å². The number of rotatable bonds is 6. The first kappa shape index (κ1) is 16.8. The van der Waals surface area contributed by atoms with E-state index in [0.29, 0.717) is 13.0 Å². The molecule has 124 valence electrons. The van der Waals surface area contributed by atoms with Gasteiger partial charge in [-0.25, -0.2) is 0 Å². The number of carboxylic acids is 1. The zero-order valence-electron chi connectivity index (χ0n) is 13.3. The van der Waals surface area contributed by atoms with Gasteiger partial charge in [-0.05, 0) is 38.5 Å². The normalized spacial score (nSPS) is 23.5. The Bertz CT molecular complexity index is 445. The van der Waals surface area contributed by atoms with E-state index < -0.39 is 11.5 Å². The van der Waals surface area contributed by atoms with Gasteiger partial charge in [0.1, 0.15) is 0 Å². The summed E-state index contributed by atoms with van der Waals surface area (Å²) in [5.41, 5.74) is -0.557. The largest absolute Gasteiger partial charge is 0.481 e. The van der Waals surface area contributed by atoms with Crippen LogP contribution >= 0.6 is 0 Å². The Balaban J connectivity index is 1.91. The first-order valence-corrected chi connectivity index (χ1v) is 8.27. The minimum absolute atomic E-state index is 0.00998. The van der Waals surface area contributed by atoms with Crippen molar-refractivity contribution in [3.8, 4) is 0 Å². The van der Waals surface area contributed by atoms with E-state index in [0.717, 1.165) is 45.1 Å². The van der Waals surface area contributed by atoms with Crippen molar-refractivity contribution in [3.63, 3.8) is 0 Å². The van der Waals surface area contributed by atoms with Gasteiger partial charge in [0.25, 0.3) is 0 Å². The molecule has 1 unspecified atom stereocenters. The van der Waals surface area contributed by atoms with Crippen LogP contribution in [-0.4, -0.2) is 46.4 Å². The van der Waals surface area contributed by atoms with E-state index in [9.17, 15) is 14.4 Å². The molecule has 2 aliphatic rings. The Morgan fingerprint density at radius 1 is 1.27 bits per heavy atom. The van der Waals surface area contributed by atoms with E-state index in [1.807, 2.05) is 6.92 Å². The van der Waals surface area contributed by atoms with Gasteiger partial charge in [0.05, 0.1) is 17.9 Å². The summed E-state index contributed by atoms with van der Waals surface area (Å²) in [5.74, 6) is -1.05. The van der Waals surface area contributed by atoms with Crippen LogP contribution in [0.3, 0.4) is 0 Å². The maximum absolute atomic E-state index is 12.5. The summed E-state index contributed by atoms with van der Waals surface area (Å²) < 4.78 is 0. The number of carbonyl (C=O) groups is 3. The Labute approximate surface area is 131 Å². The lowest BCUT2D eigenvalue weighted by atomic mass is 9.74. The average molecular weight is 310 g/mol. The van der Waals surface area contributed by atoms with Crippen molar-refractivity contribution >= 4 is 17.8 Å². The summed E-state index contributed by atoms with van der Waals surface area (Å²) in [7, 11) is 0. The van der Waals surface area contributed by atoms with Crippen LogP contribution in [0, 0.1) is 5.92 Å². The van der Waals surface area contributed by atoms with Crippen LogP contribution in [0.2, 0.25) is 0 Å². The molecular formula is C16H26N2O4. The Morgan fingerprint density at radius 2 is 2.00 bits per heavy atom. The lowest BCUT2D eigenvalue weighted by Gasteiger charge is -2.43. The molecule has 0 aromatic heterocycles. The van der Waals surface area contributed by atoms with Crippen LogP contribution in [0.15, 0.2) is 0 Å². The van der Waals surface area contributed by atoms with Crippen molar-refractivity contribution < 1.29 is 19.5 Å². The van der Waals surface area contributed by atoms with Crippen molar-refractivity contribution in [3.05, 3.63) is 0 Å². The van der Waals surface area contributed by atoms with Crippen LogP contribution in [-0.2, 0) is 14.4 Å². The van der Waals surface area contributed by atoms with Gasteiger partial charge in [-0.2, -0.15) is 0 Å². The monoisotopic (exact) mass is 310 g/mol. The molecule has 0 spiro atoms. The van der Waals surface area contributed by atoms with Gasteiger partial charge in [-0.15, -0.1) is 0 Å². The number of aliphatic carboxylic acids is 1. The van der Waals surface area contributed by atoms with Gasteiger partial charge in [0.15, 0.2) is 0 Å². The molecule has 2 amide bonds. The second kappa shape index (κ2) is 7.11. The molecule has 2 rings (SSSR count). The minimum atomic E-state index is -0.872. The van der Waals surface area contributed by atoms with Gasteiger partial charge >= 0.3 is 5.97 Å². The molecule has 0 bridgehead atoms. The Kier molecular flexibility index (Phi) is 5.42. The number of carbonyl (C=O) groups excluding carboxylic acids is 2. The molecule has 1 aliphatic carbocycles. The second-order valence-electron chi connectivity index (χ2n) is 6.62. The zero-order valence-corrected chi connectivity index (χ0v) is 13.3. The molecule has 1 saturated heterocycles. The average Bonchev–Trinajstić information content (AvgIpc) is 2.44. The molecule has 1 heterocycles. The molecule has 0 aromatic carbocycles. The van der Waals surface area contributed by atoms with Crippen molar-refractivity contribution in [2.24, 2.45) is 5.92 Å². The fraction of sp³-hybridized carbons (Fsp3) is 0.812. The third-order valence-electron chi connectivity index (χ3n) is 4.80. The molecule has 6 nitrogen and oxygen atoms in total. The van der Waals surface area contributed by atoms with Gasteiger partial charge in [-0.3, -0.25) is 14.4 Å². The molecule has 1 aliphatic heterocycles. The number of hydrogen-bond donors (Lipinski definition) is 2. The third-order valence-corrected chi connectivity index (χ3v) is 4.80. The molecule has 0 radical (unpaired) electrons. The summed E-state index contributed by atoms with van der Waals surface area (Å²) >= 11 is 0. The molecular weight excluding hydrogens is 284 g/mol. The molecule has 2 N–H and O–H groups in total. The van der Waals surface area contributed by atoms with Crippen LogP contribution < -0.4 is 5.32 Å². The maximum atomic E-state index is 12.5. The van der Waals surface area contributed by atoms with Crippen molar-refractivity contribution in [1.82, 2.24) is 10.2 Å². The Hall–Kier alpha value is -1.59. The molecule has 22 heavy (non-hydrogen) atoms. The summed E-state index contributed by atoms with van der Waals surface area (Å²) in [6.07, 6.45) is 5.35. The standard InChI is InChI=1S/C16H26N2O4/c1-2-5-13(19)18-9-3-6-12(11-18)15(22)17-16(7-4-8-16)10-14(20)21/h12H,2-11H2,1H3,(H,17,22)(H,20,21). The van der Waals surface area contributed by atoms with Crippen LogP contribution in [0.1, 0.15) is 58.3 Å². The predicted octanol–water partition coefficient (Wildman–Crippen LogP) is 1.54. The van der Waals surface area contributed by atoms with Crippen molar-refractivity contribution in [2.75, 3.05) is 13.1 Å². The summed E-state index contributed by atoms with van der Waals surface area (Å²) in [5, 5.41) is 12.0. The number of piperidine rings is 1. The Morgan fingerprint density at radius 3 is 2.55 bits per heavy atom. The summed E-state index contributed by atoms with van der Waals surface area (Å²) in [4.78, 5) is 37.2. The topological polar surface area (TPSA) is 86.7 Å². The number of likely N-dealkylation sites (tertiary alicyclic amines) is 1. The third kappa shape index (κ3) is 3.99. The number of hydrogen-bond acceptors (Lipinski definition) is 3. The minimum Gasteiger partial charge on any atom is -0.481 e. The number of amides is 2. The highest BCUT2D eigenvalue weighted by molar-refractivity contribution is 5.82. The number of nitrogens with zero attached hydrogens (tertiary/aromatic N) is 1. The number of carboxylic acid groups (broad SMARTS) is 1. The lowest BCUT2D eigenvalue weighted by Crippen LogP contribution is -2.57. The first-order valence-electron chi connectivity index (χ1n) is 8.27. The zero-order chi connectivity index (χ0) is 16.2. The van der Waals surface area contributed by atoms with Crippen LogP contribution in [0.25, 0.3) is 0 Å². The van der Waals surface area contributed by atoms with E-state index in [1.54, 1.807) is 4.90 Å². The SMILES string of the molecule is CCCC(=O)N1CCCC(C(=O)NC2(CC(=O)O)CCC2)C1. The number of nitrogens with one attached hydrogen (secondary N) is 1. The first-order chi connectivity index (χ1) is 10.5. The van der Waals surface area contributed by atoms with E-state index in [4.69, 9.17) is 5.11 Å². The highest BCUT2D eigenvalue weighted by Crippen LogP contribution is 2.35. The molecule has 2 fully saturated rings. The predicted molar refractivity (Wildman–Crippen MR) is 81.2 cm³/mol. The van der Waals surface area contributed by atoms with E-state index in [1.165, 1.54) is 0 Å². The van der Waals surface area contributed by atoms with Gasteiger partial charge < -0.3 is 15.3 Å². The van der Waals surface area contributed by atoms with Crippen molar-refractivity contribution in [2.45, 2.75) is 63.8 Å². The van der Waals surface area contributed by atoms with Gasteiger partial charge in [0.2, 0.25) is 11.8 Å². The smallest absolute Gasteiger partial charge is 0.305 e.